The number of fused-ring (bicyclic) bond motifs is 1. The minimum Gasteiger partial charge on any atom is -0.344 e. The molecule has 0 saturated carbocycles. The molecular weight excluding hydrogens is 324 g/mol. The number of carbonyl (C=O) groups excluding carboxylic acids is 1. The number of nitrogens with one attached hydrogen (secondary N) is 2. The van der Waals surface area contributed by atoms with Crippen molar-refractivity contribution in [2.24, 2.45) is 0 Å². The fraction of sp³-hybridized carbons (Fsp3) is 0.167. The van der Waals surface area contributed by atoms with E-state index in [-0.39, 0.29) is 11.9 Å². The van der Waals surface area contributed by atoms with E-state index in [1.165, 1.54) is 5.56 Å². The molecule has 1 heterocycles. The highest BCUT2D eigenvalue weighted by molar-refractivity contribution is 6.30. The molecule has 1 unspecified atom stereocenters. The minimum absolute atomic E-state index is 0.0231. The number of nitrogens with zero attached hydrogens (tertiary/aromatic N) is 2. The van der Waals surface area contributed by atoms with Crippen LogP contribution in [-0.4, -0.2) is 21.3 Å². The van der Waals surface area contributed by atoms with E-state index in [4.69, 9.17) is 11.6 Å². The highest BCUT2D eigenvalue weighted by atomic mass is 35.5. The van der Waals surface area contributed by atoms with Gasteiger partial charge in [-0.25, -0.2) is 0 Å². The Labute approximate surface area is 144 Å². The predicted molar refractivity (Wildman–Crippen MR) is 91.8 cm³/mol. The Morgan fingerprint density at radius 3 is 2.83 bits per heavy atom. The SMILES string of the molecule is O=C(NC1CCc2cc(Cl)ccc21)c1n[nH]nc1-c1ccccc1. The second kappa shape index (κ2) is 6.09. The van der Waals surface area contributed by atoms with Crippen molar-refractivity contribution in [2.45, 2.75) is 18.9 Å². The lowest BCUT2D eigenvalue weighted by molar-refractivity contribution is 0.0932. The van der Waals surface area contributed by atoms with Gasteiger partial charge in [0.25, 0.3) is 5.91 Å². The number of hydrogen-bond donors (Lipinski definition) is 2. The summed E-state index contributed by atoms with van der Waals surface area (Å²) in [5.41, 5.74) is 4.04. The smallest absolute Gasteiger partial charge is 0.274 e. The number of aryl methyl sites for hydroxylation is 1. The van der Waals surface area contributed by atoms with Crippen molar-refractivity contribution in [3.8, 4) is 11.3 Å². The van der Waals surface area contributed by atoms with Crippen LogP contribution in [0.1, 0.15) is 34.1 Å². The molecule has 120 valence electrons. The Morgan fingerprint density at radius 1 is 1.17 bits per heavy atom. The molecule has 3 aromatic rings. The first-order valence-electron chi connectivity index (χ1n) is 7.78. The Balaban J connectivity index is 1.58. The molecule has 0 fully saturated rings. The zero-order valence-electron chi connectivity index (χ0n) is 12.8. The van der Waals surface area contributed by atoms with Gasteiger partial charge in [0.15, 0.2) is 5.69 Å². The molecule has 2 N–H and O–H groups in total. The van der Waals surface area contributed by atoms with Crippen molar-refractivity contribution < 1.29 is 4.79 Å². The molecule has 0 bridgehead atoms. The topological polar surface area (TPSA) is 70.7 Å². The van der Waals surface area contributed by atoms with Gasteiger partial charge in [-0.05, 0) is 36.1 Å². The van der Waals surface area contributed by atoms with Gasteiger partial charge in [0, 0.05) is 10.6 Å². The predicted octanol–water partition coefficient (Wildman–Crippen LogP) is 3.54. The highest BCUT2D eigenvalue weighted by Crippen LogP contribution is 2.33. The number of benzene rings is 2. The molecule has 6 heteroatoms. The molecule has 1 aliphatic carbocycles. The fourth-order valence-electron chi connectivity index (χ4n) is 3.15. The highest BCUT2D eigenvalue weighted by Gasteiger charge is 2.26. The molecule has 0 spiro atoms. The molecule has 1 aliphatic rings. The molecular formula is C18H15ClN4O. The number of amides is 1. The van der Waals surface area contributed by atoms with E-state index in [0.29, 0.717) is 11.4 Å². The zero-order valence-corrected chi connectivity index (χ0v) is 13.5. The number of aromatic nitrogens is 3. The van der Waals surface area contributed by atoms with Crippen LogP contribution in [0, 0.1) is 0 Å². The molecule has 0 saturated heterocycles. The minimum atomic E-state index is -0.226. The van der Waals surface area contributed by atoms with Crippen LogP contribution in [0.3, 0.4) is 0 Å². The molecule has 1 atom stereocenters. The first-order valence-corrected chi connectivity index (χ1v) is 8.15. The number of halogens is 1. The van der Waals surface area contributed by atoms with Gasteiger partial charge in [0.05, 0.1) is 6.04 Å². The van der Waals surface area contributed by atoms with Crippen LogP contribution in [0.25, 0.3) is 11.3 Å². The Morgan fingerprint density at radius 2 is 2.00 bits per heavy atom. The van der Waals surface area contributed by atoms with E-state index >= 15 is 0 Å². The van der Waals surface area contributed by atoms with Crippen LogP contribution in [0.5, 0.6) is 0 Å². The van der Waals surface area contributed by atoms with Gasteiger partial charge in [-0.1, -0.05) is 48.0 Å². The van der Waals surface area contributed by atoms with Crippen LogP contribution in [0.4, 0.5) is 0 Å². The lowest BCUT2D eigenvalue weighted by Crippen LogP contribution is -2.28. The van der Waals surface area contributed by atoms with E-state index in [0.717, 1.165) is 29.0 Å². The maximum atomic E-state index is 12.7. The summed E-state index contributed by atoms with van der Waals surface area (Å²) in [6.07, 6.45) is 1.77. The zero-order chi connectivity index (χ0) is 16.5. The molecule has 0 aliphatic heterocycles. The first-order chi connectivity index (χ1) is 11.7. The van der Waals surface area contributed by atoms with E-state index in [1.807, 2.05) is 48.5 Å². The van der Waals surface area contributed by atoms with Gasteiger partial charge >= 0.3 is 0 Å². The van der Waals surface area contributed by atoms with Gasteiger partial charge < -0.3 is 5.32 Å². The van der Waals surface area contributed by atoms with Crippen molar-refractivity contribution in [1.29, 1.82) is 0 Å². The summed E-state index contributed by atoms with van der Waals surface area (Å²) in [5, 5.41) is 14.5. The molecule has 24 heavy (non-hydrogen) atoms. The van der Waals surface area contributed by atoms with Gasteiger partial charge in [-0.2, -0.15) is 15.4 Å². The molecule has 1 aromatic heterocycles. The monoisotopic (exact) mass is 338 g/mol. The van der Waals surface area contributed by atoms with E-state index < -0.39 is 0 Å². The summed E-state index contributed by atoms with van der Waals surface area (Å²) in [5.74, 6) is -0.226. The van der Waals surface area contributed by atoms with Gasteiger partial charge in [-0.15, -0.1) is 0 Å². The second-order valence-corrected chi connectivity index (χ2v) is 6.23. The molecule has 2 aromatic carbocycles. The Hall–Kier alpha value is -2.66. The molecule has 5 nitrogen and oxygen atoms in total. The second-order valence-electron chi connectivity index (χ2n) is 5.79. The number of hydrogen-bond acceptors (Lipinski definition) is 3. The first kappa shape index (κ1) is 14.9. The molecule has 0 radical (unpaired) electrons. The lowest BCUT2D eigenvalue weighted by atomic mass is 10.1. The average Bonchev–Trinajstić information content (AvgIpc) is 3.23. The van der Waals surface area contributed by atoms with Gasteiger partial charge in [0.2, 0.25) is 0 Å². The summed E-state index contributed by atoms with van der Waals surface area (Å²) in [6.45, 7) is 0. The Bertz CT molecular complexity index is 891. The summed E-state index contributed by atoms with van der Waals surface area (Å²) >= 11 is 6.04. The van der Waals surface area contributed by atoms with E-state index in [9.17, 15) is 4.79 Å². The van der Waals surface area contributed by atoms with Crippen LogP contribution in [-0.2, 0) is 6.42 Å². The molecule has 1 amide bonds. The largest absolute Gasteiger partial charge is 0.344 e. The maximum absolute atomic E-state index is 12.7. The van der Waals surface area contributed by atoms with Crippen LogP contribution >= 0.6 is 11.6 Å². The average molecular weight is 339 g/mol. The van der Waals surface area contributed by atoms with Crippen LogP contribution in [0.15, 0.2) is 48.5 Å². The summed E-state index contributed by atoms with van der Waals surface area (Å²) in [7, 11) is 0. The number of rotatable bonds is 3. The van der Waals surface area contributed by atoms with E-state index in [2.05, 4.69) is 20.7 Å². The van der Waals surface area contributed by atoms with E-state index in [1.54, 1.807) is 0 Å². The summed E-state index contributed by atoms with van der Waals surface area (Å²) in [6, 6.07) is 15.3. The van der Waals surface area contributed by atoms with Crippen molar-refractivity contribution in [2.75, 3.05) is 0 Å². The third-order valence-electron chi connectivity index (χ3n) is 4.30. The quantitative estimate of drug-likeness (QED) is 0.767. The third-order valence-corrected chi connectivity index (χ3v) is 4.53. The maximum Gasteiger partial charge on any atom is 0.274 e. The van der Waals surface area contributed by atoms with Gasteiger partial charge in [-0.3, -0.25) is 4.79 Å². The Kier molecular flexibility index (Phi) is 3.78. The number of H-pyrrole nitrogens is 1. The fourth-order valence-corrected chi connectivity index (χ4v) is 3.34. The van der Waals surface area contributed by atoms with Crippen molar-refractivity contribution >= 4 is 17.5 Å². The van der Waals surface area contributed by atoms with Gasteiger partial charge in [0.1, 0.15) is 5.69 Å². The van der Waals surface area contributed by atoms with Crippen molar-refractivity contribution in [3.63, 3.8) is 0 Å². The van der Waals surface area contributed by atoms with Crippen LogP contribution in [0.2, 0.25) is 5.02 Å². The molecule has 4 rings (SSSR count). The van der Waals surface area contributed by atoms with Crippen molar-refractivity contribution in [1.82, 2.24) is 20.7 Å². The van der Waals surface area contributed by atoms with Crippen molar-refractivity contribution in [3.05, 3.63) is 70.4 Å². The number of carbonyl (C=O) groups is 1. The third kappa shape index (κ3) is 2.67. The summed E-state index contributed by atoms with van der Waals surface area (Å²) < 4.78 is 0. The lowest BCUT2D eigenvalue weighted by Gasteiger charge is -2.13. The standard InChI is InChI=1S/C18H15ClN4O/c19-13-7-8-14-12(10-13)6-9-15(14)20-18(24)17-16(21-23-22-17)11-4-2-1-3-5-11/h1-5,7-8,10,15H,6,9H2,(H,20,24)(H,21,22,23). The summed E-state index contributed by atoms with van der Waals surface area (Å²) in [4.78, 5) is 12.7. The van der Waals surface area contributed by atoms with Crippen LogP contribution < -0.4 is 5.32 Å². The number of aromatic amines is 1. The normalized spacial score (nSPS) is 16.0.